The van der Waals surface area contributed by atoms with E-state index >= 15 is 0 Å². The lowest BCUT2D eigenvalue weighted by atomic mass is 10.0. The Labute approximate surface area is 185 Å². The van der Waals surface area contributed by atoms with Crippen molar-refractivity contribution in [1.29, 1.82) is 0 Å². The van der Waals surface area contributed by atoms with Gasteiger partial charge in [0.25, 0.3) is 10.0 Å². The van der Waals surface area contributed by atoms with Gasteiger partial charge < -0.3 is 5.32 Å². The molecule has 0 atom stereocenters. The van der Waals surface area contributed by atoms with Crippen LogP contribution in [0, 0.1) is 5.82 Å². The van der Waals surface area contributed by atoms with Gasteiger partial charge in [-0.3, -0.25) is 9.52 Å². The van der Waals surface area contributed by atoms with Gasteiger partial charge in [-0.25, -0.2) is 12.8 Å². The van der Waals surface area contributed by atoms with Crippen molar-refractivity contribution in [2.45, 2.75) is 4.90 Å². The minimum absolute atomic E-state index is 0.0196. The number of rotatable bonds is 6. The van der Waals surface area contributed by atoms with Gasteiger partial charge in [-0.1, -0.05) is 42.5 Å². The average molecular weight is 447 g/mol. The van der Waals surface area contributed by atoms with E-state index in [1.54, 1.807) is 6.08 Å². The first kappa shape index (κ1) is 21.3. The second-order valence-electron chi connectivity index (χ2n) is 7.03. The van der Waals surface area contributed by atoms with Gasteiger partial charge in [0.15, 0.2) is 0 Å². The Morgan fingerprint density at radius 1 is 0.781 bits per heavy atom. The summed E-state index contributed by atoms with van der Waals surface area (Å²) in [4.78, 5) is 12.3. The standard InChI is InChI=1S/C25H19FN2O3S/c26-20-9-11-22(12-10-20)28-32(30,31)23-15-13-21(14-16-23)27-25(29)17-8-19-6-3-5-18-4-1-2-7-24(18)19/h1-17,28H,(H,27,29)/b17-8+. The van der Waals surface area contributed by atoms with E-state index in [9.17, 15) is 17.6 Å². The number of hydrogen-bond acceptors (Lipinski definition) is 3. The maximum Gasteiger partial charge on any atom is 0.261 e. The molecule has 0 aliphatic carbocycles. The molecule has 0 unspecified atom stereocenters. The number of benzene rings is 4. The van der Waals surface area contributed by atoms with E-state index in [1.807, 2.05) is 42.5 Å². The summed E-state index contributed by atoms with van der Waals surface area (Å²) in [6, 6.07) is 24.6. The van der Waals surface area contributed by atoms with Gasteiger partial charge in [-0.15, -0.1) is 0 Å². The van der Waals surface area contributed by atoms with Crippen LogP contribution in [0.5, 0.6) is 0 Å². The summed E-state index contributed by atoms with van der Waals surface area (Å²) in [5.41, 5.74) is 1.63. The van der Waals surface area contributed by atoms with E-state index in [-0.39, 0.29) is 16.5 Å². The molecule has 5 nitrogen and oxygen atoms in total. The molecule has 0 radical (unpaired) electrons. The fraction of sp³-hybridized carbons (Fsp3) is 0. The highest BCUT2D eigenvalue weighted by molar-refractivity contribution is 7.92. The molecule has 7 heteroatoms. The molecule has 0 aromatic heterocycles. The number of hydrogen-bond donors (Lipinski definition) is 2. The number of carbonyl (C=O) groups is 1. The second kappa shape index (κ2) is 9.03. The Hall–Kier alpha value is -3.97. The Morgan fingerprint density at radius 3 is 2.19 bits per heavy atom. The van der Waals surface area contributed by atoms with Crippen LogP contribution in [0.2, 0.25) is 0 Å². The van der Waals surface area contributed by atoms with Crippen LogP contribution in [0.15, 0.2) is 102 Å². The smallest absolute Gasteiger partial charge is 0.261 e. The first-order chi connectivity index (χ1) is 15.4. The van der Waals surface area contributed by atoms with Crippen molar-refractivity contribution in [3.63, 3.8) is 0 Å². The van der Waals surface area contributed by atoms with Crippen molar-refractivity contribution in [3.8, 4) is 0 Å². The Bertz CT molecular complexity index is 1390. The summed E-state index contributed by atoms with van der Waals surface area (Å²) in [5.74, 6) is -0.791. The Kier molecular flexibility index (Phi) is 6.00. The quantitative estimate of drug-likeness (QED) is 0.388. The molecule has 0 heterocycles. The molecular formula is C25H19FN2O3S. The third-order valence-electron chi connectivity index (χ3n) is 4.77. The maximum absolute atomic E-state index is 13.0. The zero-order valence-electron chi connectivity index (χ0n) is 16.8. The first-order valence-electron chi connectivity index (χ1n) is 9.76. The number of anilines is 2. The summed E-state index contributed by atoms with van der Waals surface area (Å²) in [5, 5.41) is 4.84. The Balaban J connectivity index is 1.43. The Morgan fingerprint density at radius 2 is 1.44 bits per heavy atom. The molecule has 160 valence electrons. The predicted octanol–water partition coefficient (Wildman–Crippen LogP) is 5.43. The number of carbonyl (C=O) groups excluding carboxylic acids is 1. The highest BCUT2D eigenvalue weighted by Gasteiger charge is 2.14. The van der Waals surface area contributed by atoms with Crippen LogP contribution in [0.3, 0.4) is 0 Å². The van der Waals surface area contributed by atoms with Gasteiger partial charge in [0, 0.05) is 17.5 Å². The van der Waals surface area contributed by atoms with Crippen LogP contribution < -0.4 is 10.0 Å². The number of amides is 1. The van der Waals surface area contributed by atoms with Crippen molar-refractivity contribution in [1.82, 2.24) is 0 Å². The van der Waals surface area contributed by atoms with Crippen molar-refractivity contribution in [3.05, 3.63) is 108 Å². The zero-order chi connectivity index (χ0) is 22.6. The summed E-state index contributed by atoms with van der Waals surface area (Å²) >= 11 is 0. The minimum atomic E-state index is -3.84. The van der Waals surface area contributed by atoms with Crippen molar-refractivity contribution in [2.75, 3.05) is 10.0 Å². The van der Waals surface area contributed by atoms with E-state index in [4.69, 9.17) is 0 Å². The summed E-state index contributed by atoms with van der Waals surface area (Å²) in [6.45, 7) is 0. The molecule has 32 heavy (non-hydrogen) atoms. The first-order valence-corrected chi connectivity index (χ1v) is 11.2. The molecule has 0 saturated carbocycles. The number of fused-ring (bicyclic) bond motifs is 1. The highest BCUT2D eigenvalue weighted by atomic mass is 32.2. The van der Waals surface area contributed by atoms with Crippen LogP contribution in [-0.4, -0.2) is 14.3 Å². The molecule has 4 aromatic carbocycles. The maximum atomic E-state index is 13.0. The predicted molar refractivity (Wildman–Crippen MR) is 125 cm³/mol. The fourth-order valence-electron chi connectivity index (χ4n) is 3.19. The number of halogens is 1. The summed E-state index contributed by atoms with van der Waals surface area (Å²) in [6.07, 6.45) is 3.17. The summed E-state index contributed by atoms with van der Waals surface area (Å²) in [7, 11) is -3.84. The van der Waals surface area contributed by atoms with Gasteiger partial charge in [0.2, 0.25) is 5.91 Å². The topological polar surface area (TPSA) is 75.3 Å². The molecule has 0 aliphatic rings. The lowest BCUT2D eigenvalue weighted by Crippen LogP contribution is -2.13. The molecule has 4 rings (SSSR count). The highest BCUT2D eigenvalue weighted by Crippen LogP contribution is 2.21. The molecule has 0 aliphatic heterocycles. The fourth-order valence-corrected chi connectivity index (χ4v) is 4.25. The molecule has 2 N–H and O–H groups in total. The molecule has 1 amide bonds. The van der Waals surface area contributed by atoms with Gasteiger partial charge in [-0.2, -0.15) is 0 Å². The second-order valence-corrected chi connectivity index (χ2v) is 8.71. The van der Waals surface area contributed by atoms with E-state index < -0.39 is 15.8 Å². The van der Waals surface area contributed by atoms with E-state index in [2.05, 4.69) is 10.0 Å². The molecular weight excluding hydrogens is 427 g/mol. The monoisotopic (exact) mass is 446 g/mol. The van der Waals surface area contributed by atoms with Crippen molar-refractivity contribution >= 4 is 44.2 Å². The van der Waals surface area contributed by atoms with Crippen LogP contribution in [0.1, 0.15) is 5.56 Å². The van der Waals surface area contributed by atoms with Gasteiger partial charge in [0.1, 0.15) is 5.82 Å². The van der Waals surface area contributed by atoms with Crippen LogP contribution in [0.4, 0.5) is 15.8 Å². The van der Waals surface area contributed by atoms with E-state index in [0.717, 1.165) is 16.3 Å². The van der Waals surface area contributed by atoms with Crippen LogP contribution >= 0.6 is 0 Å². The lowest BCUT2D eigenvalue weighted by molar-refractivity contribution is -0.111. The summed E-state index contributed by atoms with van der Waals surface area (Å²) < 4.78 is 40.3. The third kappa shape index (κ3) is 5.01. The van der Waals surface area contributed by atoms with Crippen molar-refractivity contribution in [2.24, 2.45) is 0 Å². The van der Waals surface area contributed by atoms with Gasteiger partial charge in [0.05, 0.1) is 4.90 Å². The van der Waals surface area contributed by atoms with Crippen LogP contribution in [-0.2, 0) is 14.8 Å². The zero-order valence-corrected chi connectivity index (χ0v) is 17.6. The molecule has 0 spiro atoms. The van der Waals surface area contributed by atoms with E-state index in [1.165, 1.54) is 54.6 Å². The normalized spacial score (nSPS) is 11.5. The third-order valence-corrected chi connectivity index (χ3v) is 6.16. The molecule has 0 fully saturated rings. The lowest BCUT2D eigenvalue weighted by Gasteiger charge is -2.09. The van der Waals surface area contributed by atoms with Gasteiger partial charge >= 0.3 is 0 Å². The SMILES string of the molecule is O=C(/C=C/c1cccc2ccccc12)Nc1ccc(S(=O)(=O)Nc2ccc(F)cc2)cc1. The minimum Gasteiger partial charge on any atom is -0.323 e. The molecule has 4 aromatic rings. The van der Waals surface area contributed by atoms with Crippen molar-refractivity contribution < 1.29 is 17.6 Å². The van der Waals surface area contributed by atoms with Crippen LogP contribution in [0.25, 0.3) is 16.8 Å². The van der Waals surface area contributed by atoms with E-state index in [0.29, 0.717) is 5.69 Å². The number of nitrogens with one attached hydrogen (secondary N) is 2. The number of sulfonamides is 1. The molecule has 0 saturated heterocycles. The van der Waals surface area contributed by atoms with Gasteiger partial charge in [-0.05, 0) is 70.9 Å². The largest absolute Gasteiger partial charge is 0.323 e. The molecule has 0 bridgehead atoms. The average Bonchev–Trinajstić information content (AvgIpc) is 2.79.